The van der Waals surface area contributed by atoms with Crippen molar-refractivity contribution in [2.24, 2.45) is 11.8 Å². The van der Waals surface area contributed by atoms with Gasteiger partial charge in [0.2, 0.25) is 0 Å². The van der Waals surface area contributed by atoms with E-state index in [1.54, 1.807) is 0 Å². The van der Waals surface area contributed by atoms with Gasteiger partial charge in [0.25, 0.3) is 0 Å². The number of hydrogen-bond acceptors (Lipinski definition) is 2. The smallest absolute Gasteiger partial charge is 0.0752 e. The zero-order chi connectivity index (χ0) is 14.1. The zero-order valence-corrected chi connectivity index (χ0v) is 13.6. The van der Waals surface area contributed by atoms with Crippen LogP contribution in [0.1, 0.15) is 72.1 Å². The Hall–Kier alpha value is -0.0800. The van der Waals surface area contributed by atoms with Crippen LogP contribution in [0.4, 0.5) is 0 Å². The van der Waals surface area contributed by atoms with Crippen LogP contribution in [0.15, 0.2) is 0 Å². The van der Waals surface area contributed by atoms with E-state index in [2.05, 4.69) is 26.1 Å². The highest BCUT2D eigenvalue weighted by Crippen LogP contribution is 2.31. The first-order valence-corrected chi connectivity index (χ1v) is 8.49. The Labute approximate surface area is 120 Å². The fourth-order valence-corrected chi connectivity index (χ4v) is 3.79. The number of nitrogens with one attached hydrogen (secondary N) is 1. The zero-order valence-electron chi connectivity index (χ0n) is 13.6. The minimum atomic E-state index is 0.416. The van der Waals surface area contributed by atoms with Crippen molar-refractivity contribution < 1.29 is 4.74 Å². The van der Waals surface area contributed by atoms with Crippen molar-refractivity contribution in [3.8, 4) is 0 Å². The van der Waals surface area contributed by atoms with Crippen molar-refractivity contribution in [3.05, 3.63) is 0 Å². The van der Waals surface area contributed by atoms with Gasteiger partial charge in [-0.05, 0) is 37.6 Å². The SMILES string of the molecule is CCCC(C)CC(NCC)C(OC)C1CCCCC1. The Morgan fingerprint density at radius 1 is 1.16 bits per heavy atom. The van der Waals surface area contributed by atoms with Gasteiger partial charge in [-0.1, -0.05) is 52.9 Å². The van der Waals surface area contributed by atoms with Gasteiger partial charge in [-0.15, -0.1) is 0 Å². The molecule has 2 nitrogen and oxygen atoms in total. The first kappa shape index (κ1) is 17.0. The maximum Gasteiger partial charge on any atom is 0.0752 e. The van der Waals surface area contributed by atoms with Gasteiger partial charge in [0.1, 0.15) is 0 Å². The number of rotatable bonds is 9. The lowest BCUT2D eigenvalue weighted by molar-refractivity contribution is 0.00271. The molecule has 0 radical (unpaired) electrons. The second kappa shape index (κ2) is 9.77. The Morgan fingerprint density at radius 3 is 2.37 bits per heavy atom. The molecule has 0 aliphatic heterocycles. The third-order valence-corrected chi connectivity index (χ3v) is 4.69. The average molecular weight is 269 g/mol. The molecule has 1 aliphatic rings. The van der Waals surface area contributed by atoms with E-state index in [0.29, 0.717) is 12.1 Å². The second-order valence-electron chi connectivity index (χ2n) is 6.39. The molecular weight excluding hydrogens is 234 g/mol. The fourth-order valence-electron chi connectivity index (χ4n) is 3.79. The summed E-state index contributed by atoms with van der Waals surface area (Å²) < 4.78 is 5.92. The molecule has 3 unspecified atom stereocenters. The van der Waals surface area contributed by atoms with Crippen LogP contribution in [0.2, 0.25) is 0 Å². The van der Waals surface area contributed by atoms with Crippen molar-refractivity contribution >= 4 is 0 Å². The number of methoxy groups -OCH3 is 1. The fraction of sp³-hybridized carbons (Fsp3) is 1.00. The molecule has 0 aromatic rings. The van der Waals surface area contributed by atoms with E-state index < -0.39 is 0 Å². The molecule has 1 fully saturated rings. The van der Waals surface area contributed by atoms with Crippen LogP contribution in [0.5, 0.6) is 0 Å². The maximum atomic E-state index is 5.92. The van der Waals surface area contributed by atoms with Crippen molar-refractivity contribution in [2.45, 2.75) is 84.3 Å². The molecule has 3 atom stereocenters. The predicted molar refractivity (Wildman–Crippen MR) is 83.5 cm³/mol. The van der Waals surface area contributed by atoms with E-state index in [1.165, 1.54) is 51.4 Å². The standard InChI is InChI=1S/C17H35NO/c1-5-10-14(3)13-16(18-6-2)17(19-4)15-11-8-7-9-12-15/h14-18H,5-13H2,1-4H3. The summed E-state index contributed by atoms with van der Waals surface area (Å²) in [5.41, 5.74) is 0. The van der Waals surface area contributed by atoms with Gasteiger partial charge in [0.05, 0.1) is 6.10 Å². The summed E-state index contributed by atoms with van der Waals surface area (Å²) in [6.07, 6.45) is 11.2. The van der Waals surface area contributed by atoms with Gasteiger partial charge in [0.15, 0.2) is 0 Å². The van der Waals surface area contributed by atoms with Crippen LogP contribution < -0.4 is 5.32 Å². The largest absolute Gasteiger partial charge is 0.380 e. The van der Waals surface area contributed by atoms with Crippen LogP contribution >= 0.6 is 0 Å². The molecule has 0 aromatic carbocycles. The molecule has 0 spiro atoms. The number of likely N-dealkylation sites (N-methyl/N-ethyl adjacent to an activating group) is 1. The number of hydrogen-bond donors (Lipinski definition) is 1. The lowest BCUT2D eigenvalue weighted by Gasteiger charge is -2.36. The van der Waals surface area contributed by atoms with Crippen molar-refractivity contribution in [1.29, 1.82) is 0 Å². The van der Waals surface area contributed by atoms with E-state index in [9.17, 15) is 0 Å². The van der Waals surface area contributed by atoms with Gasteiger partial charge in [-0.2, -0.15) is 0 Å². The molecule has 1 N–H and O–H groups in total. The highest BCUT2D eigenvalue weighted by Gasteiger charge is 2.30. The minimum Gasteiger partial charge on any atom is -0.380 e. The summed E-state index contributed by atoms with van der Waals surface area (Å²) in [7, 11) is 1.91. The summed E-state index contributed by atoms with van der Waals surface area (Å²) in [5.74, 6) is 1.58. The Bertz CT molecular complexity index is 213. The summed E-state index contributed by atoms with van der Waals surface area (Å²) in [6.45, 7) is 7.94. The monoisotopic (exact) mass is 269 g/mol. The van der Waals surface area contributed by atoms with Gasteiger partial charge < -0.3 is 10.1 Å². The molecule has 1 aliphatic carbocycles. The molecule has 2 heteroatoms. The van der Waals surface area contributed by atoms with E-state index in [0.717, 1.165) is 18.4 Å². The van der Waals surface area contributed by atoms with Crippen molar-refractivity contribution in [2.75, 3.05) is 13.7 Å². The van der Waals surface area contributed by atoms with Gasteiger partial charge >= 0.3 is 0 Å². The van der Waals surface area contributed by atoms with Gasteiger partial charge in [-0.25, -0.2) is 0 Å². The van der Waals surface area contributed by atoms with Crippen molar-refractivity contribution in [1.82, 2.24) is 5.32 Å². The normalized spacial score (nSPS) is 22.1. The summed E-state index contributed by atoms with van der Waals surface area (Å²) in [5, 5.41) is 3.70. The Balaban J connectivity index is 2.58. The van der Waals surface area contributed by atoms with E-state index in [4.69, 9.17) is 4.74 Å². The quantitative estimate of drug-likeness (QED) is 0.670. The molecule has 0 heterocycles. The highest BCUT2D eigenvalue weighted by molar-refractivity contribution is 4.85. The molecule has 114 valence electrons. The minimum absolute atomic E-state index is 0.416. The molecule has 1 saturated carbocycles. The second-order valence-corrected chi connectivity index (χ2v) is 6.39. The molecule has 1 rings (SSSR count). The molecule has 0 aromatic heterocycles. The summed E-state index contributed by atoms with van der Waals surface area (Å²) in [4.78, 5) is 0. The predicted octanol–water partition coefficient (Wildman–Crippen LogP) is 4.39. The lowest BCUT2D eigenvalue weighted by atomic mass is 9.80. The van der Waals surface area contributed by atoms with E-state index in [1.807, 2.05) is 7.11 Å². The van der Waals surface area contributed by atoms with Crippen LogP contribution in [0, 0.1) is 11.8 Å². The third-order valence-electron chi connectivity index (χ3n) is 4.69. The topological polar surface area (TPSA) is 21.3 Å². The van der Waals surface area contributed by atoms with Crippen LogP contribution in [0.25, 0.3) is 0 Å². The third kappa shape index (κ3) is 5.83. The number of ether oxygens (including phenoxy) is 1. The van der Waals surface area contributed by atoms with Crippen LogP contribution in [0.3, 0.4) is 0 Å². The lowest BCUT2D eigenvalue weighted by Crippen LogP contribution is -2.46. The van der Waals surface area contributed by atoms with Gasteiger partial charge in [-0.3, -0.25) is 0 Å². The molecule has 19 heavy (non-hydrogen) atoms. The molecule has 0 bridgehead atoms. The summed E-state index contributed by atoms with van der Waals surface area (Å²) in [6, 6.07) is 0.541. The van der Waals surface area contributed by atoms with E-state index in [-0.39, 0.29) is 0 Å². The Morgan fingerprint density at radius 2 is 1.84 bits per heavy atom. The maximum absolute atomic E-state index is 5.92. The van der Waals surface area contributed by atoms with Crippen molar-refractivity contribution in [3.63, 3.8) is 0 Å². The highest BCUT2D eigenvalue weighted by atomic mass is 16.5. The first-order valence-electron chi connectivity index (χ1n) is 8.49. The average Bonchev–Trinajstić information content (AvgIpc) is 2.41. The van der Waals surface area contributed by atoms with Crippen LogP contribution in [-0.2, 0) is 4.74 Å². The molecule has 0 saturated heterocycles. The van der Waals surface area contributed by atoms with Gasteiger partial charge in [0, 0.05) is 13.2 Å². The first-order chi connectivity index (χ1) is 9.22. The van der Waals surface area contributed by atoms with Crippen LogP contribution in [-0.4, -0.2) is 25.8 Å². The summed E-state index contributed by atoms with van der Waals surface area (Å²) >= 11 is 0. The van der Waals surface area contributed by atoms with E-state index >= 15 is 0 Å². The molecular formula is C17H35NO. The Kier molecular flexibility index (Phi) is 8.72. The molecule has 0 amide bonds.